The van der Waals surface area contributed by atoms with Gasteiger partial charge in [-0.1, -0.05) is 68.9 Å². The second-order valence-electron chi connectivity index (χ2n) is 17.8. The Morgan fingerprint density at radius 3 is 1.79 bits per heavy atom. The fourth-order valence-electron chi connectivity index (χ4n) is 15.1. The van der Waals surface area contributed by atoms with Crippen LogP contribution in [0.4, 0.5) is 0 Å². The van der Waals surface area contributed by atoms with Crippen molar-refractivity contribution in [2.24, 2.45) is 67.0 Å². The maximum Gasteiger partial charge on any atom is 0.341 e. The van der Waals surface area contributed by atoms with Crippen LogP contribution in [0, 0.1) is 67.0 Å². The van der Waals surface area contributed by atoms with Gasteiger partial charge in [0.25, 0.3) is 0 Å². The molecule has 218 valence electrons. The van der Waals surface area contributed by atoms with E-state index in [1.165, 1.54) is 58.3 Å². The van der Waals surface area contributed by atoms with Crippen LogP contribution >= 0.6 is 0 Å². The van der Waals surface area contributed by atoms with Crippen molar-refractivity contribution in [2.45, 2.75) is 133 Å². The van der Waals surface area contributed by atoms with Crippen molar-refractivity contribution in [3.63, 3.8) is 0 Å². The summed E-state index contributed by atoms with van der Waals surface area (Å²) >= 11 is 0. The molecule has 0 N–H and O–H groups in total. The van der Waals surface area contributed by atoms with Crippen LogP contribution in [0.2, 0.25) is 0 Å². The van der Waals surface area contributed by atoms with Gasteiger partial charge in [0.15, 0.2) is 0 Å². The van der Waals surface area contributed by atoms with E-state index in [9.17, 15) is 9.59 Å². The molecule has 9 unspecified atom stereocenters. The lowest BCUT2D eigenvalue weighted by atomic mass is 9.11. The standard InChI is InChI=1S/C36H56O3/c1-22(28(38)39-24(3)37)18-32(10)16-14-26-20-35(32,30(26,6)7)36-21-27(31(36,8)9)15-17-33(36,11)34-19-25(29(34,4)5)13-12-23(34)2/h23,25-27H,1,12-21H2,2-11H3. The van der Waals surface area contributed by atoms with Crippen molar-refractivity contribution in [2.75, 3.05) is 0 Å². The van der Waals surface area contributed by atoms with Gasteiger partial charge in [0.1, 0.15) is 0 Å². The first-order valence-electron chi connectivity index (χ1n) is 16.2. The lowest BCUT2D eigenvalue weighted by Crippen LogP contribution is -2.87. The predicted molar refractivity (Wildman–Crippen MR) is 157 cm³/mol. The summed E-state index contributed by atoms with van der Waals surface area (Å²) in [5.41, 5.74) is 2.22. The van der Waals surface area contributed by atoms with E-state index < -0.39 is 11.9 Å². The van der Waals surface area contributed by atoms with Crippen LogP contribution in [0.1, 0.15) is 133 Å². The van der Waals surface area contributed by atoms with Gasteiger partial charge >= 0.3 is 11.9 Å². The van der Waals surface area contributed by atoms with Crippen molar-refractivity contribution in [1.29, 1.82) is 0 Å². The lowest BCUT2D eigenvalue weighted by Gasteiger charge is -2.93. The van der Waals surface area contributed by atoms with Crippen LogP contribution in [-0.2, 0) is 14.3 Å². The van der Waals surface area contributed by atoms with Crippen LogP contribution in [0.25, 0.3) is 0 Å². The number of hydrogen-bond donors (Lipinski definition) is 0. The molecule has 0 aromatic rings. The first-order valence-corrected chi connectivity index (χ1v) is 16.2. The zero-order chi connectivity index (χ0) is 28.8. The van der Waals surface area contributed by atoms with E-state index in [1.807, 2.05) is 0 Å². The molecule has 0 aromatic carbocycles. The van der Waals surface area contributed by atoms with Gasteiger partial charge in [-0.2, -0.15) is 0 Å². The second-order valence-corrected chi connectivity index (χ2v) is 17.8. The number of carbonyl (C=O) groups excluding carboxylic acids is 2. The van der Waals surface area contributed by atoms with E-state index in [1.54, 1.807) is 0 Å². The summed E-state index contributed by atoms with van der Waals surface area (Å²) in [7, 11) is 0. The molecule has 0 aliphatic heterocycles. The lowest BCUT2D eigenvalue weighted by molar-refractivity contribution is -0.455. The summed E-state index contributed by atoms with van der Waals surface area (Å²) in [5, 5.41) is 0. The third-order valence-electron chi connectivity index (χ3n) is 16.7. The topological polar surface area (TPSA) is 43.4 Å². The quantitative estimate of drug-likeness (QED) is 0.200. The number of ether oxygens (including phenoxy) is 1. The molecule has 9 aliphatic carbocycles. The Hall–Kier alpha value is -1.12. The van der Waals surface area contributed by atoms with Crippen molar-refractivity contribution in [3.05, 3.63) is 12.2 Å². The fraction of sp³-hybridized carbons (Fsp3) is 0.889. The van der Waals surface area contributed by atoms with Gasteiger partial charge in [-0.05, 0) is 131 Å². The molecule has 9 aliphatic rings. The molecule has 0 aromatic heterocycles. The van der Waals surface area contributed by atoms with E-state index in [2.05, 4.69) is 68.9 Å². The number of hydrogen-bond acceptors (Lipinski definition) is 3. The van der Waals surface area contributed by atoms with Gasteiger partial charge in [-0.25, -0.2) is 4.79 Å². The summed E-state index contributed by atoms with van der Waals surface area (Å²) in [4.78, 5) is 24.6. The number of rotatable bonds is 5. The molecule has 0 radical (unpaired) electrons. The molecule has 9 saturated carbocycles. The molecule has 0 spiro atoms. The monoisotopic (exact) mass is 536 g/mol. The maximum atomic E-state index is 13.0. The minimum Gasteiger partial charge on any atom is -0.390 e. The van der Waals surface area contributed by atoms with Crippen LogP contribution in [0.15, 0.2) is 12.2 Å². The SMILES string of the molecule is C=C(CC1(C)CCC2CC1(C13CC(CCC1(C)C14CC(CCC1C)C4(C)C)C3(C)C)C2(C)C)C(=O)OC(C)=O. The zero-order valence-electron chi connectivity index (χ0n) is 26.8. The molecule has 0 saturated heterocycles. The van der Waals surface area contributed by atoms with Crippen LogP contribution in [-0.4, -0.2) is 11.9 Å². The average molecular weight is 537 g/mol. The zero-order valence-corrected chi connectivity index (χ0v) is 26.8. The molecular weight excluding hydrogens is 480 g/mol. The maximum absolute atomic E-state index is 13.0. The highest BCUT2D eigenvalue weighted by Gasteiger charge is 2.90. The molecule has 9 rings (SSSR count). The van der Waals surface area contributed by atoms with Gasteiger partial charge in [0, 0.05) is 12.5 Å². The number of carbonyl (C=O) groups is 2. The van der Waals surface area contributed by atoms with Crippen LogP contribution in [0.5, 0.6) is 0 Å². The summed E-state index contributed by atoms with van der Waals surface area (Å²) in [5.74, 6) is 2.10. The van der Waals surface area contributed by atoms with E-state index in [4.69, 9.17) is 4.74 Å². The highest BCUT2D eigenvalue weighted by molar-refractivity contribution is 5.95. The van der Waals surface area contributed by atoms with Crippen molar-refractivity contribution in [1.82, 2.24) is 0 Å². The Kier molecular flexibility index (Phi) is 5.48. The highest BCUT2D eigenvalue weighted by Crippen LogP contribution is 2.96. The van der Waals surface area contributed by atoms with Crippen LogP contribution in [0.3, 0.4) is 0 Å². The first-order chi connectivity index (χ1) is 17.8. The third-order valence-corrected chi connectivity index (χ3v) is 16.7. The van der Waals surface area contributed by atoms with Crippen molar-refractivity contribution >= 4 is 11.9 Å². The minimum absolute atomic E-state index is 0.0547. The minimum atomic E-state index is -0.540. The molecule has 6 bridgehead atoms. The molecule has 39 heavy (non-hydrogen) atoms. The summed E-state index contributed by atoms with van der Waals surface area (Å²) in [6.07, 6.45) is 12.6. The summed E-state index contributed by atoms with van der Waals surface area (Å²) < 4.78 is 5.08. The normalized spacial score (nSPS) is 51.4. The Bertz CT molecular complexity index is 1140. The third kappa shape index (κ3) is 2.62. The van der Waals surface area contributed by atoms with Gasteiger partial charge in [-0.3, -0.25) is 4.79 Å². The van der Waals surface area contributed by atoms with E-state index in [-0.39, 0.29) is 32.5 Å². The first kappa shape index (κ1) is 28.0. The predicted octanol–water partition coefficient (Wildman–Crippen LogP) is 9.15. The molecule has 3 heteroatoms. The number of esters is 2. The van der Waals surface area contributed by atoms with Crippen molar-refractivity contribution in [3.8, 4) is 0 Å². The smallest absolute Gasteiger partial charge is 0.341 e. The van der Waals surface area contributed by atoms with Gasteiger partial charge in [0.2, 0.25) is 0 Å². The highest BCUT2D eigenvalue weighted by atomic mass is 16.6. The Morgan fingerprint density at radius 2 is 1.28 bits per heavy atom. The summed E-state index contributed by atoms with van der Waals surface area (Å²) in [6, 6.07) is 0. The Labute approximate surface area is 238 Å². The average Bonchev–Trinajstić information content (AvgIpc) is 2.82. The molecule has 3 nitrogen and oxygen atoms in total. The largest absolute Gasteiger partial charge is 0.390 e. The Balaban J connectivity index is 1.55. The molecular formula is C36H56O3. The molecule has 9 fully saturated rings. The molecule has 0 heterocycles. The molecule has 9 atom stereocenters. The summed E-state index contributed by atoms with van der Waals surface area (Å²) in [6.45, 7) is 29.3. The molecule has 0 amide bonds. The van der Waals surface area contributed by atoms with Gasteiger partial charge < -0.3 is 4.74 Å². The van der Waals surface area contributed by atoms with Crippen molar-refractivity contribution < 1.29 is 14.3 Å². The Morgan fingerprint density at radius 1 is 0.744 bits per heavy atom. The van der Waals surface area contributed by atoms with E-state index in [0.29, 0.717) is 22.8 Å². The van der Waals surface area contributed by atoms with Gasteiger partial charge in [-0.15, -0.1) is 0 Å². The van der Waals surface area contributed by atoms with E-state index >= 15 is 0 Å². The van der Waals surface area contributed by atoms with E-state index in [0.717, 1.165) is 30.1 Å². The fourth-order valence-corrected chi connectivity index (χ4v) is 15.1. The second kappa shape index (κ2) is 7.63. The van der Waals surface area contributed by atoms with Gasteiger partial charge in [0.05, 0.1) is 0 Å². The van der Waals surface area contributed by atoms with Crippen LogP contribution < -0.4 is 0 Å². The number of fused-ring (bicyclic) bond motifs is 6.